The van der Waals surface area contributed by atoms with Crippen LogP contribution in [0.2, 0.25) is 5.02 Å². The molecule has 0 bridgehead atoms. The van der Waals surface area contributed by atoms with Crippen LogP contribution in [0.4, 0.5) is 0 Å². The summed E-state index contributed by atoms with van der Waals surface area (Å²) in [7, 11) is 0. The normalized spacial score (nSPS) is 11.9. The molecule has 0 aliphatic rings. The van der Waals surface area contributed by atoms with Crippen molar-refractivity contribution in [2.75, 3.05) is 6.61 Å². The fourth-order valence-corrected chi connectivity index (χ4v) is 4.30. The van der Waals surface area contributed by atoms with Gasteiger partial charge in [-0.2, -0.15) is 4.99 Å². The van der Waals surface area contributed by atoms with Crippen LogP contribution in [0, 0.1) is 0 Å². The van der Waals surface area contributed by atoms with Crippen LogP contribution < -0.4 is 10.2 Å². The topological polar surface area (TPSA) is 90.9 Å². The molecular weight excluding hydrogens is 428 g/mol. The predicted octanol–water partition coefficient (Wildman–Crippen LogP) is 3.77. The minimum absolute atomic E-state index is 0.131. The van der Waals surface area contributed by atoms with E-state index in [1.54, 1.807) is 54.0 Å². The lowest BCUT2D eigenvalue weighted by Gasteiger charge is -2.05. The molecule has 1 amide bonds. The zero-order chi connectivity index (χ0) is 21.3. The Balaban J connectivity index is 1.85. The number of nitrogens with zero attached hydrogens (tertiary/aromatic N) is 2. The van der Waals surface area contributed by atoms with Gasteiger partial charge in [-0.3, -0.25) is 14.4 Å². The third-order valence-electron chi connectivity index (χ3n) is 4.34. The number of carbonyl (C=O) groups excluding carboxylic acids is 2. The largest absolute Gasteiger partial charge is 0.465 e. The van der Waals surface area contributed by atoms with E-state index in [1.165, 1.54) is 11.3 Å². The maximum atomic E-state index is 12.8. The number of fused-ring (bicyclic) bond motifs is 2. The number of amides is 1. The van der Waals surface area contributed by atoms with E-state index in [0.29, 0.717) is 21.5 Å². The van der Waals surface area contributed by atoms with Crippen molar-refractivity contribution >= 4 is 56.0 Å². The Morgan fingerprint density at radius 1 is 1.23 bits per heavy atom. The number of halogens is 1. The molecular formula is C21H15ClN2O5S. The van der Waals surface area contributed by atoms with Crippen molar-refractivity contribution in [2.45, 2.75) is 13.5 Å². The van der Waals surface area contributed by atoms with Gasteiger partial charge in [-0.1, -0.05) is 35.1 Å². The molecule has 0 aliphatic heterocycles. The smallest absolute Gasteiger partial charge is 0.326 e. The maximum Gasteiger partial charge on any atom is 0.326 e. The van der Waals surface area contributed by atoms with Crippen LogP contribution in [-0.4, -0.2) is 23.1 Å². The summed E-state index contributed by atoms with van der Waals surface area (Å²) in [6.45, 7) is 1.81. The molecule has 4 rings (SSSR count). The van der Waals surface area contributed by atoms with Crippen LogP contribution in [0.3, 0.4) is 0 Å². The van der Waals surface area contributed by atoms with Gasteiger partial charge < -0.3 is 13.7 Å². The number of hydrogen-bond donors (Lipinski definition) is 0. The molecule has 0 saturated carbocycles. The van der Waals surface area contributed by atoms with Gasteiger partial charge in [0.05, 0.1) is 22.2 Å². The summed E-state index contributed by atoms with van der Waals surface area (Å²) in [6, 6.07) is 11.8. The van der Waals surface area contributed by atoms with E-state index in [2.05, 4.69) is 4.99 Å². The van der Waals surface area contributed by atoms with Gasteiger partial charge in [0, 0.05) is 5.02 Å². The highest BCUT2D eigenvalue weighted by Gasteiger charge is 2.16. The molecule has 152 valence electrons. The lowest BCUT2D eigenvalue weighted by Crippen LogP contribution is -2.24. The minimum atomic E-state index is -0.759. The fraction of sp³-hybridized carbons (Fsp3) is 0.143. The summed E-state index contributed by atoms with van der Waals surface area (Å²) >= 11 is 7.25. The standard InChI is InChI=1S/C21H15ClN2O5S/c1-2-28-18(25)10-24-15-8-7-12(22)9-17(15)30-21(24)23-20(27)14-11-29-16-6-4-3-5-13(16)19(14)26/h3-9,11H,2,10H2,1H3. The van der Waals surface area contributed by atoms with Crippen molar-refractivity contribution in [3.63, 3.8) is 0 Å². The van der Waals surface area contributed by atoms with Gasteiger partial charge in [-0.15, -0.1) is 0 Å². The number of para-hydroxylation sites is 1. The molecule has 2 aromatic heterocycles. The summed E-state index contributed by atoms with van der Waals surface area (Å²) in [5.41, 5.74) is 0.404. The van der Waals surface area contributed by atoms with Gasteiger partial charge in [0.25, 0.3) is 5.91 Å². The molecule has 0 radical (unpaired) electrons. The molecule has 2 heterocycles. The van der Waals surface area contributed by atoms with Gasteiger partial charge in [-0.25, -0.2) is 0 Å². The lowest BCUT2D eigenvalue weighted by molar-refractivity contribution is -0.143. The molecule has 0 unspecified atom stereocenters. The number of carbonyl (C=O) groups is 2. The van der Waals surface area contributed by atoms with E-state index in [0.717, 1.165) is 11.0 Å². The highest BCUT2D eigenvalue weighted by atomic mass is 35.5. The molecule has 0 N–H and O–H groups in total. The van der Waals surface area contributed by atoms with Gasteiger partial charge in [0.2, 0.25) is 5.43 Å². The van der Waals surface area contributed by atoms with Crippen molar-refractivity contribution in [1.82, 2.24) is 4.57 Å². The summed E-state index contributed by atoms with van der Waals surface area (Å²) in [6.07, 6.45) is 1.11. The van der Waals surface area contributed by atoms with Crippen molar-refractivity contribution in [3.8, 4) is 0 Å². The van der Waals surface area contributed by atoms with Crippen molar-refractivity contribution in [3.05, 3.63) is 74.3 Å². The Bertz CT molecular complexity index is 1420. The van der Waals surface area contributed by atoms with Crippen LogP contribution in [0.1, 0.15) is 17.3 Å². The second-order valence-corrected chi connectivity index (χ2v) is 7.73. The first-order valence-corrected chi connectivity index (χ1v) is 10.2. The maximum absolute atomic E-state index is 12.8. The van der Waals surface area contributed by atoms with E-state index < -0.39 is 17.3 Å². The van der Waals surface area contributed by atoms with E-state index in [1.807, 2.05) is 0 Å². The second-order valence-electron chi connectivity index (χ2n) is 6.28. The average molecular weight is 443 g/mol. The fourth-order valence-electron chi connectivity index (χ4n) is 2.99. The summed E-state index contributed by atoms with van der Waals surface area (Å²) in [5.74, 6) is -1.23. The Labute approximate surface area is 178 Å². The molecule has 7 nitrogen and oxygen atoms in total. The first kappa shape index (κ1) is 20.1. The average Bonchev–Trinajstić information content (AvgIpc) is 3.04. The first-order valence-electron chi connectivity index (χ1n) is 9.02. The Morgan fingerprint density at radius 3 is 2.83 bits per heavy atom. The third kappa shape index (κ3) is 3.79. The molecule has 4 aromatic rings. The van der Waals surface area contributed by atoms with Crippen LogP contribution in [0.25, 0.3) is 21.2 Å². The number of aromatic nitrogens is 1. The highest BCUT2D eigenvalue weighted by molar-refractivity contribution is 7.16. The van der Waals surface area contributed by atoms with Gasteiger partial charge in [0.1, 0.15) is 24.0 Å². The van der Waals surface area contributed by atoms with Crippen molar-refractivity contribution in [2.24, 2.45) is 4.99 Å². The van der Waals surface area contributed by atoms with E-state index in [9.17, 15) is 14.4 Å². The summed E-state index contributed by atoms with van der Waals surface area (Å²) < 4.78 is 12.7. The van der Waals surface area contributed by atoms with Crippen molar-refractivity contribution in [1.29, 1.82) is 0 Å². The molecule has 0 saturated heterocycles. The third-order valence-corrected chi connectivity index (χ3v) is 5.62. The minimum Gasteiger partial charge on any atom is -0.465 e. The van der Waals surface area contributed by atoms with E-state index in [4.69, 9.17) is 20.8 Å². The Hall–Kier alpha value is -3.23. The number of benzene rings is 2. The number of ether oxygens (including phenoxy) is 1. The molecule has 0 fully saturated rings. The lowest BCUT2D eigenvalue weighted by atomic mass is 10.2. The SMILES string of the molecule is CCOC(=O)Cn1c(=NC(=O)c2coc3ccccc3c2=O)sc2cc(Cl)ccc21. The van der Waals surface area contributed by atoms with Gasteiger partial charge >= 0.3 is 5.97 Å². The van der Waals surface area contributed by atoms with E-state index in [-0.39, 0.29) is 23.5 Å². The van der Waals surface area contributed by atoms with E-state index >= 15 is 0 Å². The molecule has 0 atom stereocenters. The zero-order valence-corrected chi connectivity index (χ0v) is 17.3. The van der Waals surface area contributed by atoms with Gasteiger partial charge in [0.15, 0.2) is 4.80 Å². The first-order chi connectivity index (χ1) is 14.5. The molecule has 9 heteroatoms. The van der Waals surface area contributed by atoms with Crippen LogP contribution in [0.5, 0.6) is 0 Å². The molecule has 0 aliphatic carbocycles. The molecule has 2 aromatic carbocycles. The molecule has 30 heavy (non-hydrogen) atoms. The number of esters is 1. The Morgan fingerprint density at radius 2 is 2.03 bits per heavy atom. The van der Waals surface area contributed by atoms with Gasteiger partial charge in [-0.05, 0) is 37.3 Å². The monoisotopic (exact) mass is 442 g/mol. The predicted molar refractivity (Wildman–Crippen MR) is 114 cm³/mol. The van der Waals surface area contributed by atoms with Crippen molar-refractivity contribution < 1.29 is 18.7 Å². The second kappa shape index (κ2) is 8.25. The number of hydrogen-bond acceptors (Lipinski definition) is 6. The van der Waals surface area contributed by atoms with Crippen LogP contribution in [-0.2, 0) is 16.1 Å². The summed E-state index contributed by atoms with van der Waals surface area (Å²) in [5, 5.41) is 0.807. The number of thiazole rings is 1. The number of rotatable bonds is 4. The Kier molecular flexibility index (Phi) is 5.52. The molecule has 0 spiro atoms. The van der Waals surface area contributed by atoms with Crippen LogP contribution >= 0.6 is 22.9 Å². The quantitative estimate of drug-likeness (QED) is 0.449. The summed E-state index contributed by atoms with van der Waals surface area (Å²) in [4.78, 5) is 41.9. The zero-order valence-electron chi connectivity index (χ0n) is 15.8. The van der Waals surface area contributed by atoms with Crippen LogP contribution in [0.15, 0.2) is 62.9 Å². The highest BCUT2D eigenvalue weighted by Crippen LogP contribution is 2.22.